The van der Waals surface area contributed by atoms with E-state index in [4.69, 9.17) is 0 Å². The zero-order chi connectivity index (χ0) is 26.1. The molecule has 0 aliphatic rings. The summed E-state index contributed by atoms with van der Waals surface area (Å²) in [6.07, 6.45) is -0.243. The number of rotatable bonds is 8. The molecule has 0 saturated carbocycles. The number of carboxylic acid groups (broad SMARTS) is 1. The Kier molecular flexibility index (Phi) is 6.57. The summed E-state index contributed by atoms with van der Waals surface area (Å²) in [7, 11) is 1.97. The van der Waals surface area contributed by atoms with E-state index < -0.39 is 5.97 Å². The number of hydrogen-bond donors (Lipinski definition) is 3. The number of aromatic nitrogens is 3. The van der Waals surface area contributed by atoms with Crippen LogP contribution in [-0.4, -0.2) is 39.4 Å². The maximum atomic E-state index is 13.7. The Morgan fingerprint density at radius 2 is 1.84 bits per heavy atom. The number of nitrogens with one attached hydrogen (secondary N) is 2. The summed E-state index contributed by atoms with van der Waals surface area (Å²) >= 11 is 0. The summed E-state index contributed by atoms with van der Waals surface area (Å²) in [4.78, 5) is 33.3. The molecule has 37 heavy (non-hydrogen) atoms. The first-order valence-corrected chi connectivity index (χ1v) is 12.4. The Labute approximate surface area is 215 Å². The molecule has 0 bridgehead atoms. The van der Waals surface area contributed by atoms with Crippen molar-refractivity contribution >= 4 is 47.1 Å². The second kappa shape index (κ2) is 9.97. The number of carbonyl (C=O) groups excluding carboxylic acids is 1. The molecule has 0 aliphatic heterocycles. The molecule has 7 nitrogen and oxygen atoms in total. The number of nitrogens with zero attached hydrogens (tertiary/aromatic N) is 2. The molecule has 0 aliphatic carbocycles. The molecular weight excluding hydrogens is 463 g/mol. The minimum atomic E-state index is -0.979. The number of hydrogen-bond acceptors (Lipinski definition) is 3. The number of imidazole rings is 1. The average Bonchev–Trinajstić information content (AvgIpc) is 3.41. The normalized spacial score (nSPS) is 11.4. The van der Waals surface area contributed by atoms with Crippen LogP contribution in [0, 0.1) is 0 Å². The zero-order valence-corrected chi connectivity index (χ0v) is 21.2. The predicted octanol–water partition coefficient (Wildman–Crippen LogP) is 3.50. The van der Waals surface area contributed by atoms with Crippen molar-refractivity contribution in [2.75, 3.05) is 0 Å². The molecule has 8 heteroatoms. The van der Waals surface area contributed by atoms with Crippen molar-refractivity contribution in [2.24, 2.45) is 0 Å². The van der Waals surface area contributed by atoms with Crippen molar-refractivity contribution < 1.29 is 14.7 Å². The van der Waals surface area contributed by atoms with Crippen molar-refractivity contribution in [3.63, 3.8) is 0 Å². The summed E-state index contributed by atoms with van der Waals surface area (Å²) in [5.41, 5.74) is 6.73. The number of H-pyrrole nitrogens is 1. The number of aliphatic carboxylic acids is 1. The van der Waals surface area contributed by atoms with Gasteiger partial charge in [0.15, 0.2) is 0 Å². The Hall–Kier alpha value is -4.33. The van der Waals surface area contributed by atoms with Crippen molar-refractivity contribution in [1.82, 2.24) is 19.9 Å². The lowest BCUT2D eigenvalue weighted by molar-refractivity contribution is -0.136. The van der Waals surface area contributed by atoms with Crippen molar-refractivity contribution in [3.05, 3.63) is 94.9 Å². The molecule has 0 unspecified atom stereocenters. The van der Waals surface area contributed by atoms with Crippen LogP contribution in [-0.2, 0) is 24.3 Å². The molecule has 0 saturated heterocycles. The van der Waals surface area contributed by atoms with Gasteiger partial charge in [-0.15, -0.1) is 0 Å². The fraction of sp³-hybridized carbons (Fsp3) is 0.207. The topological polar surface area (TPSA) is 100 Å². The molecule has 3 aromatic carbocycles. The Morgan fingerprint density at radius 1 is 1.08 bits per heavy atom. The van der Waals surface area contributed by atoms with Gasteiger partial charge in [0.05, 0.1) is 24.0 Å². The van der Waals surface area contributed by atoms with Crippen LogP contribution >= 0.6 is 0 Å². The fourth-order valence-electron chi connectivity index (χ4n) is 4.82. The van der Waals surface area contributed by atoms with Gasteiger partial charge in [0, 0.05) is 23.0 Å². The van der Waals surface area contributed by atoms with E-state index in [0.717, 1.165) is 33.0 Å². The lowest BCUT2D eigenvalue weighted by Crippen LogP contribution is -2.27. The summed E-state index contributed by atoms with van der Waals surface area (Å²) < 4.78 is 1.94. The molecule has 3 N–H and O–H groups in total. The monoisotopic (exact) mass is 492 g/mol. The first-order valence-electron chi connectivity index (χ1n) is 12.4. The fourth-order valence-corrected chi connectivity index (χ4v) is 4.82. The van der Waals surface area contributed by atoms with E-state index in [0.29, 0.717) is 29.5 Å². The highest BCUT2D eigenvalue weighted by molar-refractivity contribution is 6.33. The van der Waals surface area contributed by atoms with Crippen LogP contribution in [0.5, 0.6) is 0 Å². The molecule has 5 aromatic rings. The van der Waals surface area contributed by atoms with Gasteiger partial charge in [-0.05, 0) is 35.2 Å². The SMILES string of the molecule is Bc1ccc2c(c1)c(CC(=O)O)c(C(=O)NCc1nc3ccccc3[nH]1)n2Cc1ccc(C(C)C)cc1. The third-order valence-electron chi connectivity index (χ3n) is 6.71. The van der Waals surface area contributed by atoms with Crippen molar-refractivity contribution in [1.29, 1.82) is 0 Å². The maximum absolute atomic E-state index is 13.7. The summed E-state index contributed by atoms with van der Waals surface area (Å²) in [5.74, 6) is -0.249. The van der Waals surface area contributed by atoms with Gasteiger partial charge in [-0.25, -0.2) is 4.98 Å². The van der Waals surface area contributed by atoms with Gasteiger partial charge in [0.25, 0.3) is 5.91 Å². The predicted molar refractivity (Wildman–Crippen MR) is 148 cm³/mol. The quantitative estimate of drug-likeness (QED) is 0.289. The molecule has 0 radical (unpaired) electrons. The highest BCUT2D eigenvalue weighted by Crippen LogP contribution is 2.28. The Morgan fingerprint density at radius 3 is 2.54 bits per heavy atom. The van der Waals surface area contributed by atoms with E-state index in [9.17, 15) is 14.7 Å². The van der Waals surface area contributed by atoms with E-state index in [-0.39, 0.29) is 18.9 Å². The average molecular weight is 492 g/mol. The van der Waals surface area contributed by atoms with Gasteiger partial charge >= 0.3 is 5.97 Å². The van der Waals surface area contributed by atoms with E-state index in [1.54, 1.807) is 0 Å². The molecule has 186 valence electrons. The molecule has 2 aromatic heterocycles. The number of para-hydroxylation sites is 2. The molecule has 1 amide bonds. The summed E-state index contributed by atoms with van der Waals surface area (Å²) in [5, 5.41) is 13.5. The van der Waals surface area contributed by atoms with Crippen LogP contribution in [0.15, 0.2) is 66.7 Å². The smallest absolute Gasteiger partial charge is 0.307 e. The maximum Gasteiger partial charge on any atom is 0.307 e. The van der Waals surface area contributed by atoms with E-state index in [2.05, 4.69) is 53.4 Å². The standard InChI is InChI=1S/C29H29BN4O3/c1-17(2)19-9-7-18(8-10-19)16-34-25-12-11-20(30)13-21(25)22(14-27(35)36)28(34)29(37)31-15-26-32-23-5-3-4-6-24(23)33-26/h3-13,17H,14-16,30H2,1-2H3,(H,31,37)(H,32,33)(H,35,36). The molecule has 0 atom stereocenters. The second-order valence-electron chi connectivity index (χ2n) is 9.78. The second-order valence-corrected chi connectivity index (χ2v) is 9.78. The highest BCUT2D eigenvalue weighted by Gasteiger charge is 2.25. The van der Waals surface area contributed by atoms with Crippen LogP contribution < -0.4 is 10.8 Å². The molecule has 0 fully saturated rings. The van der Waals surface area contributed by atoms with Crippen LogP contribution in [0.3, 0.4) is 0 Å². The van der Waals surface area contributed by atoms with E-state index >= 15 is 0 Å². The number of fused-ring (bicyclic) bond motifs is 2. The van der Waals surface area contributed by atoms with Gasteiger partial charge < -0.3 is 20.0 Å². The minimum absolute atomic E-state index is 0.198. The molecule has 2 heterocycles. The van der Waals surface area contributed by atoms with Gasteiger partial charge in [-0.3, -0.25) is 9.59 Å². The number of carboxylic acids is 1. The first kappa shape index (κ1) is 24.4. The van der Waals surface area contributed by atoms with Crippen molar-refractivity contribution in [3.8, 4) is 0 Å². The molecular formula is C29H29BN4O3. The Balaban J connectivity index is 1.55. The first-order chi connectivity index (χ1) is 17.8. The van der Waals surface area contributed by atoms with Crippen molar-refractivity contribution in [2.45, 2.75) is 39.3 Å². The minimum Gasteiger partial charge on any atom is -0.481 e. The highest BCUT2D eigenvalue weighted by atomic mass is 16.4. The summed E-state index contributed by atoms with van der Waals surface area (Å²) in [6.45, 7) is 4.95. The van der Waals surface area contributed by atoms with Gasteiger partial charge in [0.2, 0.25) is 0 Å². The molecule has 0 spiro atoms. The third-order valence-corrected chi connectivity index (χ3v) is 6.71. The lowest BCUT2D eigenvalue weighted by Gasteiger charge is -2.13. The van der Waals surface area contributed by atoms with E-state index in [1.807, 2.05) is 54.9 Å². The summed E-state index contributed by atoms with van der Waals surface area (Å²) in [6, 6.07) is 22.0. The van der Waals surface area contributed by atoms with E-state index in [1.165, 1.54) is 5.56 Å². The largest absolute Gasteiger partial charge is 0.481 e. The number of carbonyl (C=O) groups is 2. The van der Waals surface area contributed by atoms with Gasteiger partial charge in [-0.1, -0.05) is 67.8 Å². The molecule has 5 rings (SSSR count). The zero-order valence-electron chi connectivity index (χ0n) is 21.2. The van der Waals surface area contributed by atoms with Crippen LogP contribution in [0.25, 0.3) is 21.9 Å². The third kappa shape index (κ3) is 5.00. The number of benzene rings is 3. The van der Waals surface area contributed by atoms with Crippen LogP contribution in [0.4, 0.5) is 0 Å². The Bertz CT molecular complexity index is 1580. The van der Waals surface area contributed by atoms with Gasteiger partial charge in [0.1, 0.15) is 19.4 Å². The van der Waals surface area contributed by atoms with Crippen LogP contribution in [0.2, 0.25) is 0 Å². The van der Waals surface area contributed by atoms with Gasteiger partial charge in [-0.2, -0.15) is 0 Å². The lowest BCUT2D eigenvalue weighted by atomic mass is 9.93. The van der Waals surface area contributed by atoms with Crippen LogP contribution in [0.1, 0.15) is 52.8 Å². The number of aromatic amines is 1. The number of amides is 1.